The average Bonchev–Trinajstić information content (AvgIpc) is 2.89. The molecule has 2 aliphatic rings. The molecule has 1 amide bonds. The minimum absolute atomic E-state index is 0.304. The zero-order chi connectivity index (χ0) is 18.4. The molecule has 134 valence electrons. The molecule has 1 saturated carbocycles. The summed E-state index contributed by atoms with van der Waals surface area (Å²) in [7, 11) is 0. The molecule has 0 unspecified atom stereocenters. The number of amides is 1. The lowest BCUT2D eigenvalue weighted by molar-refractivity contribution is -0.152. The number of hydrogen-bond donors (Lipinski definition) is 1. The van der Waals surface area contributed by atoms with E-state index in [9.17, 15) is 14.9 Å². The van der Waals surface area contributed by atoms with Gasteiger partial charge in [0.25, 0.3) is 5.91 Å². The topological polar surface area (TPSA) is 79.2 Å². The van der Waals surface area contributed by atoms with Crippen LogP contribution >= 0.6 is 34.5 Å². The lowest BCUT2D eigenvalue weighted by Crippen LogP contribution is -2.26. The fraction of sp³-hybridized carbons (Fsp3) is 0.588. The second-order valence-electron chi connectivity index (χ2n) is 7.01. The highest BCUT2D eigenvalue weighted by Crippen LogP contribution is 2.64. The van der Waals surface area contributed by atoms with Crippen LogP contribution in [0.2, 0.25) is 0 Å². The SMILES string of the molecule is C[C@H]1CCc2c(sc(NC(=O)COC(=O)[C@]3(C)CC3(Cl)Cl)c2C#N)C1. The predicted molar refractivity (Wildman–Crippen MR) is 97.0 cm³/mol. The van der Waals surface area contributed by atoms with Crippen LogP contribution in [0.4, 0.5) is 5.00 Å². The van der Waals surface area contributed by atoms with Crippen molar-refractivity contribution in [1.82, 2.24) is 0 Å². The Hall–Kier alpha value is -1.29. The van der Waals surface area contributed by atoms with E-state index in [2.05, 4.69) is 18.3 Å². The molecule has 0 saturated heterocycles. The van der Waals surface area contributed by atoms with Crippen molar-refractivity contribution in [3.8, 4) is 6.07 Å². The number of carbonyl (C=O) groups excluding carboxylic acids is 2. The Morgan fingerprint density at radius 2 is 2.16 bits per heavy atom. The Kier molecular flexibility index (Phi) is 4.78. The first kappa shape index (κ1) is 18.5. The van der Waals surface area contributed by atoms with Crippen molar-refractivity contribution in [2.75, 3.05) is 11.9 Å². The number of ether oxygens (including phenoxy) is 1. The summed E-state index contributed by atoms with van der Waals surface area (Å²) < 4.78 is 3.91. The molecule has 8 heteroatoms. The summed E-state index contributed by atoms with van der Waals surface area (Å²) in [5.41, 5.74) is 0.602. The smallest absolute Gasteiger partial charge is 0.315 e. The maximum absolute atomic E-state index is 12.1. The molecule has 2 atom stereocenters. The summed E-state index contributed by atoms with van der Waals surface area (Å²) in [4.78, 5) is 25.3. The normalized spacial score (nSPS) is 26.3. The third-order valence-corrected chi connectivity index (χ3v) is 7.19. The maximum Gasteiger partial charge on any atom is 0.315 e. The summed E-state index contributed by atoms with van der Waals surface area (Å²) >= 11 is 13.3. The number of rotatable bonds is 4. The number of thiophene rings is 1. The molecule has 0 spiro atoms. The van der Waals surface area contributed by atoms with Gasteiger partial charge >= 0.3 is 5.97 Å². The third kappa shape index (κ3) is 3.38. The molecule has 1 N–H and O–H groups in total. The van der Waals surface area contributed by atoms with E-state index in [4.69, 9.17) is 27.9 Å². The molecule has 1 fully saturated rings. The minimum Gasteiger partial charge on any atom is -0.455 e. The fourth-order valence-electron chi connectivity index (χ4n) is 3.03. The van der Waals surface area contributed by atoms with Gasteiger partial charge < -0.3 is 10.1 Å². The van der Waals surface area contributed by atoms with E-state index in [0.717, 1.165) is 29.7 Å². The van der Waals surface area contributed by atoms with Crippen LogP contribution in [0.3, 0.4) is 0 Å². The Morgan fingerprint density at radius 1 is 1.48 bits per heavy atom. The van der Waals surface area contributed by atoms with Crippen LogP contribution in [0.15, 0.2) is 0 Å². The van der Waals surface area contributed by atoms with Gasteiger partial charge in [0.2, 0.25) is 0 Å². The second-order valence-corrected chi connectivity index (χ2v) is 9.59. The van der Waals surface area contributed by atoms with Crippen LogP contribution in [0.5, 0.6) is 0 Å². The van der Waals surface area contributed by atoms with Crippen molar-refractivity contribution < 1.29 is 14.3 Å². The Labute approximate surface area is 160 Å². The van der Waals surface area contributed by atoms with Gasteiger partial charge in [-0.25, -0.2) is 0 Å². The molecule has 0 bridgehead atoms. The average molecular weight is 401 g/mol. The van der Waals surface area contributed by atoms with Crippen LogP contribution in [0.25, 0.3) is 0 Å². The zero-order valence-electron chi connectivity index (χ0n) is 13.9. The minimum atomic E-state index is -1.13. The number of alkyl halides is 2. The first-order chi connectivity index (χ1) is 11.7. The van der Waals surface area contributed by atoms with Crippen molar-refractivity contribution in [3.05, 3.63) is 16.0 Å². The van der Waals surface area contributed by atoms with Crippen molar-refractivity contribution in [3.63, 3.8) is 0 Å². The lowest BCUT2D eigenvalue weighted by atomic mass is 9.89. The molecule has 2 aliphatic carbocycles. The standard InChI is InChI=1S/C17H18Cl2N2O3S/c1-9-3-4-10-11(6-20)14(25-12(10)5-9)21-13(22)7-24-15(23)16(2)8-17(16,18)19/h9H,3-5,7-8H2,1-2H3,(H,21,22)/t9-,16-/m0/s1. The molecular formula is C17H18Cl2N2O3S. The van der Waals surface area contributed by atoms with E-state index in [1.807, 2.05) is 0 Å². The quantitative estimate of drug-likeness (QED) is 0.615. The van der Waals surface area contributed by atoms with Crippen LogP contribution in [-0.4, -0.2) is 22.8 Å². The number of nitriles is 1. The van der Waals surface area contributed by atoms with Crippen molar-refractivity contribution >= 4 is 51.4 Å². The van der Waals surface area contributed by atoms with Crippen molar-refractivity contribution in [2.24, 2.45) is 11.3 Å². The summed E-state index contributed by atoms with van der Waals surface area (Å²) in [6.07, 6.45) is 3.12. The van der Waals surface area contributed by atoms with Crippen LogP contribution in [-0.2, 0) is 27.2 Å². The molecule has 5 nitrogen and oxygen atoms in total. The highest BCUT2D eigenvalue weighted by Gasteiger charge is 2.69. The Morgan fingerprint density at radius 3 is 2.76 bits per heavy atom. The maximum atomic E-state index is 12.1. The third-order valence-electron chi connectivity index (χ3n) is 4.92. The number of esters is 1. The van der Waals surface area contributed by atoms with Gasteiger partial charge in [-0.15, -0.1) is 34.5 Å². The molecule has 25 heavy (non-hydrogen) atoms. The molecule has 0 aliphatic heterocycles. The van der Waals surface area contributed by atoms with Gasteiger partial charge in [-0.3, -0.25) is 9.59 Å². The molecule has 1 aromatic heterocycles. The van der Waals surface area contributed by atoms with E-state index < -0.39 is 28.2 Å². The first-order valence-electron chi connectivity index (χ1n) is 8.07. The molecule has 3 rings (SSSR count). The van der Waals surface area contributed by atoms with Crippen LogP contribution in [0, 0.1) is 22.7 Å². The number of carbonyl (C=O) groups is 2. The fourth-order valence-corrected chi connectivity index (χ4v) is 5.10. The summed E-state index contributed by atoms with van der Waals surface area (Å²) in [5.74, 6) is -0.490. The molecular weight excluding hydrogens is 383 g/mol. The second kappa shape index (κ2) is 6.46. The van der Waals surface area contributed by atoms with Crippen LogP contribution in [0.1, 0.15) is 42.7 Å². The lowest BCUT2D eigenvalue weighted by Gasteiger charge is -2.17. The summed E-state index contributed by atoms with van der Waals surface area (Å²) in [5, 5.41) is 12.7. The number of nitrogens with zero attached hydrogens (tertiary/aromatic N) is 1. The summed E-state index contributed by atoms with van der Waals surface area (Å²) in [6, 6.07) is 2.19. The molecule has 1 aromatic rings. The van der Waals surface area contributed by atoms with Gasteiger partial charge in [-0.1, -0.05) is 6.92 Å². The number of halogens is 2. The van der Waals surface area contributed by atoms with Gasteiger partial charge in [0.1, 0.15) is 20.8 Å². The van der Waals surface area contributed by atoms with Gasteiger partial charge in [-0.2, -0.15) is 5.26 Å². The van der Waals surface area contributed by atoms with Gasteiger partial charge in [0, 0.05) is 11.3 Å². The van der Waals surface area contributed by atoms with Gasteiger partial charge in [0.05, 0.1) is 5.56 Å². The first-order valence-corrected chi connectivity index (χ1v) is 9.64. The van der Waals surface area contributed by atoms with Gasteiger partial charge in [0.15, 0.2) is 6.61 Å². The number of anilines is 1. The van der Waals surface area contributed by atoms with Gasteiger partial charge in [-0.05, 0) is 37.7 Å². The van der Waals surface area contributed by atoms with Crippen LogP contribution < -0.4 is 5.32 Å². The molecule has 0 radical (unpaired) electrons. The van der Waals surface area contributed by atoms with Crippen molar-refractivity contribution in [1.29, 1.82) is 5.26 Å². The van der Waals surface area contributed by atoms with E-state index >= 15 is 0 Å². The number of nitrogens with one attached hydrogen (secondary N) is 1. The monoisotopic (exact) mass is 400 g/mol. The van der Waals surface area contributed by atoms with Crippen molar-refractivity contribution in [2.45, 2.75) is 43.9 Å². The molecule has 0 aromatic carbocycles. The highest BCUT2D eigenvalue weighted by atomic mass is 35.5. The number of hydrogen-bond acceptors (Lipinski definition) is 5. The Bertz CT molecular complexity index is 784. The highest BCUT2D eigenvalue weighted by molar-refractivity contribution is 7.16. The summed E-state index contributed by atoms with van der Waals surface area (Å²) in [6.45, 7) is 3.36. The largest absolute Gasteiger partial charge is 0.455 e. The Balaban J connectivity index is 1.62. The van der Waals surface area contributed by atoms with E-state index in [1.54, 1.807) is 6.92 Å². The van der Waals surface area contributed by atoms with E-state index in [1.165, 1.54) is 11.3 Å². The van der Waals surface area contributed by atoms with E-state index in [0.29, 0.717) is 22.9 Å². The number of fused-ring (bicyclic) bond motifs is 1. The zero-order valence-corrected chi connectivity index (χ0v) is 16.3. The predicted octanol–water partition coefficient (Wildman–Crippen LogP) is 3.81. The van der Waals surface area contributed by atoms with E-state index in [-0.39, 0.29) is 0 Å². The molecule has 1 heterocycles.